The summed E-state index contributed by atoms with van der Waals surface area (Å²) in [6.07, 6.45) is -1.75. The SMILES string of the molecule is CC(C)(C)OC(=O)/C=C/c1ccc(C(F)(F)F)cc1. The molecule has 0 aromatic heterocycles. The Balaban J connectivity index is 2.71. The molecule has 0 fully saturated rings. The average Bonchev–Trinajstić information content (AvgIpc) is 2.23. The highest BCUT2D eigenvalue weighted by molar-refractivity contribution is 5.87. The van der Waals surface area contributed by atoms with Crippen LogP contribution in [0, 0.1) is 0 Å². The molecular formula is C14H15F3O2. The van der Waals surface area contributed by atoms with Crippen LogP contribution in [-0.4, -0.2) is 11.6 Å². The van der Waals surface area contributed by atoms with Crippen LogP contribution >= 0.6 is 0 Å². The van der Waals surface area contributed by atoms with Crippen LogP contribution in [0.5, 0.6) is 0 Å². The molecule has 104 valence electrons. The molecule has 0 aliphatic rings. The van der Waals surface area contributed by atoms with Crippen molar-refractivity contribution in [1.29, 1.82) is 0 Å². The van der Waals surface area contributed by atoms with Gasteiger partial charge in [0.05, 0.1) is 5.56 Å². The van der Waals surface area contributed by atoms with Crippen LogP contribution in [0.25, 0.3) is 6.08 Å². The Morgan fingerprint density at radius 2 is 1.63 bits per heavy atom. The van der Waals surface area contributed by atoms with Crippen LogP contribution in [-0.2, 0) is 15.7 Å². The average molecular weight is 272 g/mol. The quantitative estimate of drug-likeness (QED) is 0.599. The van der Waals surface area contributed by atoms with Crippen molar-refractivity contribution in [3.05, 3.63) is 41.5 Å². The first-order valence-electron chi connectivity index (χ1n) is 5.66. The van der Waals surface area contributed by atoms with Crippen molar-refractivity contribution in [3.8, 4) is 0 Å². The fourth-order valence-electron chi connectivity index (χ4n) is 1.28. The Kier molecular flexibility index (Phi) is 4.39. The Bertz CT molecular complexity index is 465. The number of rotatable bonds is 2. The summed E-state index contributed by atoms with van der Waals surface area (Å²) in [5.41, 5.74) is -0.817. The van der Waals surface area contributed by atoms with Gasteiger partial charge in [-0.1, -0.05) is 12.1 Å². The van der Waals surface area contributed by atoms with Crippen LogP contribution in [0.2, 0.25) is 0 Å². The lowest BCUT2D eigenvalue weighted by molar-refractivity contribution is -0.148. The molecule has 0 spiro atoms. The smallest absolute Gasteiger partial charge is 0.416 e. The second-order valence-corrected chi connectivity index (χ2v) is 4.99. The molecule has 0 saturated heterocycles. The van der Waals surface area contributed by atoms with Crippen molar-refractivity contribution in [2.24, 2.45) is 0 Å². The highest BCUT2D eigenvalue weighted by atomic mass is 19.4. The van der Waals surface area contributed by atoms with E-state index in [9.17, 15) is 18.0 Å². The topological polar surface area (TPSA) is 26.3 Å². The van der Waals surface area contributed by atoms with Crippen LogP contribution < -0.4 is 0 Å². The Morgan fingerprint density at radius 1 is 1.11 bits per heavy atom. The summed E-state index contributed by atoms with van der Waals surface area (Å²) >= 11 is 0. The summed E-state index contributed by atoms with van der Waals surface area (Å²) in [5, 5.41) is 0. The van der Waals surface area contributed by atoms with Gasteiger partial charge in [-0.25, -0.2) is 4.79 Å². The molecule has 2 nitrogen and oxygen atoms in total. The van der Waals surface area contributed by atoms with Gasteiger partial charge in [-0.05, 0) is 44.5 Å². The highest BCUT2D eigenvalue weighted by Gasteiger charge is 2.29. The first-order chi connectivity index (χ1) is 8.58. The molecule has 0 aliphatic heterocycles. The zero-order chi connectivity index (χ0) is 14.7. The summed E-state index contributed by atoms with van der Waals surface area (Å²) in [7, 11) is 0. The van der Waals surface area contributed by atoms with E-state index in [2.05, 4.69) is 0 Å². The van der Waals surface area contributed by atoms with E-state index in [0.717, 1.165) is 12.1 Å². The molecular weight excluding hydrogens is 257 g/mol. The summed E-state index contributed by atoms with van der Waals surface area (Å²) in [6, 6.07) is 4.52. The van der Waals surface area contributed by atoms with E-state index < -0.39 is 23.3 Å². The maximum Gasteiger partial charge on any atom is 0.416 e. The fourth-order valence-corrected chi connectivity index (χ4v) is 1.28. The van der Waals surface area contributed by atoms with Gasteiger partial charge in [0.15, 0.2) is 0 Å². The van der Waals surface area contributed by atoms with Gasteiger partial charge < -0.3 is 4.74 Å². The molecule has 19 heavy (non-hydrogen) atoms. The monoisotopic (exact) mass is 272 g/mol. The Morgan fingerprint density at radius 3 is 2.05 bits per heavy atom. The van der Waals surface area contributed by atoms with Crippen molar-refractivity contribution in [2.45, 2.75) is 32.5 Å². The van der Waals surface area contributed by atoms with Gasteiger partial charge in [0.1, 0.15) is 5.60 Å². The molecule has 0 heterocycles. The predicted molar refractivity (Wildman–Crippen MR) is 66.3 cm³/mol. The molecule has 0 atom stereocenters. The number of ether oxygens (including phenoxy) is 1. The van der Waals surface area contributed by atoms with Gasteiger partial charge in [0.25, 0.3) is 0 Å². The summed E-state index contributed by atoms with van der Waals surface area (Å²) in [5.74, 6) is -0.535. The van der Waals surface area contributed by atoms with Gasteiger partial charge in [-0.3, -0.25) is 0 Å². The summed E-state index contributed by atoms with van der Waals surface area (Å²) in [4.78, 5) is 11.4. The van der Waals surface area contributed by atoms with E-state index in [4.69, 9.17) is 4.74 Å². The Hall–Kier alpha value is -1.78. The second-order valence-electron chi connectivity index (χ2n) is 4.99. The lowest BCUT2D eigenvalue weighted by Gasteiger charge is -2.17. The third-order valence-corrected chi connectivity index (χ3v) is 2.06. The van der Waals surface area contributed by atoms with Gasteiger partial charge in [-0.2, -0.15) is 13.2 Å². The zero-order valence-corrected chi connectivity index (χ0v) is 10.9. The number of halogens is 3. The number of hydrogen-bond donors (Lipinski definition) is 0. The minimum absolute atomic E-state index is 0.499. The largest absolute Gasteiger partial charge is 0.457 e. The molecule has 0 aliphatic carbocycles. The molecule has 0 radical (unpaired) electrons. The van der Waals surface area contributed by atoms with E-state index in [1.807, 2.05) is 0 Å². The maximum absolute atomic E-state index is 12.3. The number of alkyl halides is 3. The van der Waals surface area contributed by atoms with Crippen LogP contribution in [0.15, 0.2) is 30.3 Å². The molecule has 0 bridgehead atoms. The molecule has 0 amide bonds. The number of esters is 1. The third kappa shape index (κ3) is 5.59. The third-order valence-electron chi connectivity index (χ3n) is 2.06. The van der Waals surface area contributed by atoms with Crippen LogP contribution in [0.1, 0.15) is 31.9 Å². The molecule has 1 aromatic rings. The van der Waals surface area contributed by atoms with Crippen molar-refractivity contribution in [1.82, 2.24) is 0 Å². The highest BCUT2D eigenvalue weighted by Crippen LogP contribution is 2.29. The summed E-state index contributed by atoms with van der Waals surface area (Å²) in [6.45, 7) is 5.20. The lowest BCUT2D eigenvalue weighted by Crippen LogP contribution is -2.22. The van der Waals surface area contributed by atoms with E-state index >= 15 is 0 Å². The number of carbonyl (C=O) groups excluding carboxylic acids is 1. The molecule has 0 unspecified atom stereocenters. The number of hydrogen-bond acceptors (Lipinski definition) is 2. The molecule has 5 heteroatoms. The maximum atomic E-state index is 12.3. The molecule has 1 aromatic carbocycles. The van der Waals surface area contributed by atoms with E-state index in [1.54, 1.807) is 20.8 Å². The Labute approximate surface area is 109 Å². The lowest BCUT2D eigenvalue weighted by atomic mass is 10.1. The minimum atomic E-state index is -4.35. The van der Waals surface area contributed by atoms with E-state index in [1.165, 1.54) is 24.3 Å². The van der Waals surface area contributed by atoms with E-state index in [-0.39, 0.29) is 0 Å². The van der Waals surface area contributed by atoms with Crippen molar-refractivity contribution in [3.63, 3.8) is 0 Å². The molecule has 0 N–H and O–H groups in total. The first kappa shape index (κ1) is 15.3. The molecule has 0 saturated carbocycles. The predicted octanol–water partition coefficient (Wildman–Crippen LogP) is 4.06. The summed E-state index contributed by atoms with van der Waals surface area (Å²) < 4.78 is 42.0. The minimum Gasteiger partial charge on any atom is -0.457 e. The number of benzene rings is 1. The van der Waals surface area contributed by atoms with Gasteiger partial charge in [0, 0.05) is 6.08 Å². The van der Waals surface area contributed by atoms with Gasteiger partial charge >= 0.3 is 12.1 Å². The van der Waals surface area contributed by atoms with E-state index in [0.29, 0.717) is 5.56 Å². The van der Waals surface area contributed by atoms with Crippen molar-refractivity contribution in [2.75, 3.05) is 0 Å². The normalized spacial score (nSPS) is 12.7. The van der Waals surface area contributed by atoms with Crippen molar-refractivity contribution < 1.29 is 22.7 Å². The zero-order valence-electron chi connectivity index (χ0n) is 10.9. The van der Waals surface area contributed by atoms with Crippen LogP contribution in [0.3, 0.4) is 0 Å². The molecule has 1 rings (SSSR count). The van der Waals surface area contributed by atoms with Gasteiger partial charge in [-0.15, -0.1) is 0 Å². The second kappa shape index (κ2) is 5.47. The first-order valence-corrected chi connectivity index (χ1v) is 5.66. The van der Waals surface area contributed by atoms with Crippen LogP contribution in [0.4, 0.5) is 13.2 Å². The standard InChI is InChI=1S/C14H15F3O2/c1-13(2,3)19-12(18)9-6-10-4-7-11(8-5-10)14(15,16)17/h4-9H,1-3H3/b9-6+. The fraction of sp³-hybridized carbons (Fsp3) is 0.357. The number of carbonyl (C=O) groups is 1. The van der Waals surface area contributed by atoms with Crippen molar-refractivity contribution >= 4 is 12.0 Å². The van der Waals surface area contributed by atoms with Gasteiger partial charge in [0.2, 0.25) is 0 Å².